The molecule has 0 aromatic heterocycles. The van der Waals surface area contributed by atoms with Gasteiger partial charge in [0.05, 0.1) is 0 Å². The van der Waals surface area contributed by atoms with Crippen molar-refractivity contribution in [2.24, 2.45) is 0 Å². The summed E-state index contributed by atoms with van der Waals surface area (Å²) in [5, 5.41) is 0. The molecule has 0 N–H and O–H groups in total. The van der Waals surface area contributed by atoms with Crippen LogP contribution in [0.25, 0.3) is 0 Å². The van der Waals surface area contributed by atoms with E-state index in [2.05, 4.69) is 27.7 Å². The van der Waals surface area contributed by atoms with Crippen LogP contribution in [0, 0.1) is 0 Å². The second-order valence-electron chi connectivity index (χ2n) is 6.02. The maximum atomic E-state index is 6.08. The minimum atomic E-state index is -2.97. The second kappa shape index (κ2) is 16.9. The van der Waals surface area contributed by atoms with Crippen LogP contribution in [0.1, 0.15) is 91.9 Å². The average Bonchev–Trinajstić information content (AvgIpc) is 2.56. The molecule has 23 heavy (non-hydrogen) atoms. The van der Waals surface area contributed by atoms with Gasteiger partial charge in [-0.05, 0) is 25.7 Å². The molecule has 0 aliphatic carbocycles. The molecule has 4 nitrogen and oxygen atoms in total. The first kappa shape index (κ1) is 23.1. The molecule has 0 saturated carbocycles. The second-order valence-corrected chi connectivity index (χ2v) is 8.17. The molecule has 0 atom stereocenters. The van der Waals surface area contributed by atoms with Crippen LogP contribution in [0.4, 0.5) is 0 Å². The lowest BCUT2D eigenvalue weighted by atomic mass is 10.3. The molecule has 0 saturated heterocycles. The van der Waals surface area contributed by atoms with Crippen LogP contribution in [-0.4, -0.2) is 35.5 Å². The standard InChI is InChI=1S/C18H40O4Si/c1-5-9-13-17-21-23(19-15-11-7-3,20-16-12-8-4)22-18-14-10-6-2/h5-18H2,1-4H3. The summed E-state index contributed by atoms with van der Waals surface area (Å²) in [6, 6.07) is 0. The average molecular weight is 349 g/mol. The normalized spacial score (nSPS) is 12.0. The van der Waals surface area contributed by atoms with Crippen LogP contribution >= 0.6 is 0 Å². The van der Waals surface area contributed by atoms with Gasteiger partial charge in [0.15, 0.2) is 0 Å². The molecule has 0 spiro atoms. The van der Waals surface area contributed by atoms with E-state index in [0.29, 0.717) is 26.4 Å². The van der Waals surface area contributed by atoms with Gasteiger partial charge in [-0.25, -0.2) is 0 Å². The van der Waals surface area contributed by atoms with Gasteiger partial charge in [0.1, 0.15) is 0 Å². The Hall–Kier alpha value is 0.0569. The summed E-state index contributed by atoms with van der Waals surface area (Å²) >= 11 is 0. The molecule has 140 valence electrons. The predicted molar refractivity (Wildman–Crippen MR) is 98.4 cm³/mol. The first-order valence-electron chi connectivity index (χ1n) is 9.80. The molecule has 5 heteroatoms. The van der Waals surface area contributed by atoms with Gasteiger partial charge in [-0.3, -0.25) is 0 Å². The lowest BCUT2D eigenvalue weighted by Crippen LogP contribution is -2.50. The highest BCUT2D eigenvalue weighted by Crippen LogP contribution is 2.16. The molecule has 0 bridgehead atoms. The third-order valence-electron chi connectivity index (χ3n) is 3.61. The van der Waals surface area contributed by atoms with Crippen molar-refractivity contribution in [3.8, 4) is 0 Å². The summed E-state index contributed by atoms with van der Waals surface area (Å²) in [7, 11) is -2.97. The molecular formula is C18H40O4Si. The van der Waals surface area contributed by atoms with E-state index in [1.807, 2.05) is 0 Å². The summed E-state index contributed by atoms with van der Waals surface area (Å²) in [5.74, 6) is 0. The third-order valence-corrected chi connectivity index (χ3v) is 5.84. The maximum absolute atomic E-state index is 6.08. The van der Waals surface area contributed by atoms with Crippen molar-refractivity contribution in [2.45, 2.75) is 91.9 Å². The van der Waals surface area contributed by atoms with Crippen molar-refractivity contribution in [3.63, 3.8) is 0 Å². The minimum Gasteiger partial charge on any atom is -0.351 e. The van der Waals surface area contributed by atoms with Gasteiger partial charge < -0.3 is 17.7 Å². The van der Waals surface area contributed by atoms with Gasteiger partial charge in [-0.2, -0.15) is 0 Å². The summed E-state index contributed by atoms with van der Waals surface area (Å²) in [4.78, 5) is 0. The van der Waals surface area contributed by atoms with E-state index < -0.39 is 9.05 Å². The largest absolute Gasteiger partial charge is 0.679 e. The topological polar surface area (TPSA) is 36.9 Å². The van der Waals surface area contributed by atoms with Crippen molar-refractivity contribution in [2.75, 3.05) is 26.4 Å². The molecule has 0 amide bonds. The minimum absolute atomic E-state index is 0.663. The monoisotopic (exact) mass is 348 g/mol. The number of unbranched alkanes of at least 4 members (excludes halogenated alkanes) is 6. The van der Waals surface area contributed by atoms with Gasteiger partial charge >= 0.3 is 9.05 Å². The van der Waals surface area contributed by atoms with E-state index >= 15 is 0 Å². The Morgan fingerprint density at radius 1 is 0.435 bits per heavy atom. The van der Waals surface area contributed by atoms with Gasteiger partial charge in [0.25, 0.3) is 0 Å². The highest BCUT2D eigenvalue weighted by Gasteiger charge is 2.45. The van der Waals surface area contributed by atoms with Gasteiger partial charge in [0.2, 0.25) is 0 Å². The molecule has 0 rings (SSSR count). The summed E-state index contributed by atoms with van der Waals surface area (Å²) in [5.41, 5.74) is 0. The fourth-order valence-electron chi connectivity index (χ4n) is 2.03. The first-order valence-corrected chi connectivity index (χ1v) is 11.4. The molecule has 0 fully saturated rings. The van der Waals surface area contributed by atoms with Crippen LogP contribution in [-0.2, 0) is 17.7 Å². The van der Waals surface area contributed by atoms with Crippen LogP contribution < -0.4 is 0 Å². The summed E-state index contributed by atoms with van der Waals surface area (Å²) in [6.45, 7) is 11.4. The van der Waals surface area contributed by atoms with E-state index in [9.17, 15) is 0 Å². The van der Waals surface area contributed by atoms with E-state index in [-0.39, 0.29) is 0 Å². The first-order chi connectivity index (χ1) is 11.2. The van der Waals surface area contributed by atoms with Crippen LogP contribution in [0.2, 0.25) is 0 Å². The Bertz CT molecular complexity index is 215. The smallest absolute Gasteiger partial charge is 0.351 e. The molecule has 0 aliphatic rings. The lowest BCUT2D eigenvalue weighted by Gasteiger charge is -2.28. The Morgan fingerprint density at radius 2 is 0.739 bits per heavy atom. The molecule has 0 radical (unpaired) electrons. The van der Waals surface area contributed by atoms with E-state index in [0.717, 1.165) is 38.5 Å². The van der Waals surface area contributed by atoms with E-state index in [1.165, 1.54) is 25.7 Å². The van der Waals surface area contributed by atoms with E-state index in [4.69, 9.17) is 17.7 Å². The number of hydrogen-bond acceptors (Lipinski definition) is 4. The predicted octanol–water partition coefficient (Wildman–Crippen LogP) is 5.47. The Kier molecular flexibility index (Phi) is 16.9. The third kappa shape index (κ3) is 13.1. The Balaban J connectivity index is 4.55. The molecule has 0 aromatic rings. The Morgan fingerprint density at radius 3 is 1.04 bits per heavy atom. The molecular weight excluding hydrogens is 308 g/mol. The quantitative estimate of drug-likeness (QED) is 0.243. The summed E-state index contributed by atoms with van der Waals surface area (Å²) in [6.07, 6.45) is 11.0. The SMILES string of the molecule is CCCCCO[Si](OCCCC)(OCCCC)OCCCCC. The fourth-order valence-corrected chi connectivity index (χ4v) is 4.11. The van der Waals surface area contributed by atoms with Crippen molar-refractivity contribution in [3.05, 3.63) is 0 Å². The van der Waals surface area contributed by atoms with Gasteiger partial charge in [-0.1, -0.05) is 66.2 Å². The highest BCUT2D eigenvalue weighted by molar-refractivity contribution is 6.53. The fraction of sp³-hybridized carbons (Fsp3) is 1.00. The highest BCUT2D eigenvalue weighted by atomic mass is 28.4. The molecule has 0 aliphatic heterocycles. The van der Waals surface area contributed by atoms with Crippen LogP contribution in [0.3, 0.4) is 0 Å². The number of hydrogen-bond donors (Lipinski definition) is 0. The number of rotatable bonds is 18. The van der Waals surface area contributed by atoms with Crippen LogP contribution in [0.15, 0.2) is 0 Å². The zero-order valence-corrected chi connectivity index (χ0v) is 17.0. The lowest BCUT2D eigenvalue weighted by molar-refractivity contribution is -0.0371. The van der Waals surface area contributed by atoms with Crippen molar-refractivity contribution < 1.29 is 17.7 Å². The maximum Gasteiger partial charge on any atom is 0.679 e. The molecule has 0 heterocycles. The summed E-state index contributed by atoms with van der Waals surface area (Å²) < 4.78 is 24.3. The zero-order valence-electron chi connectivity index (χ0n) is 16.0. The van der Waals surface area contributed by atoms with E-state index in [1.54, 1.807) is 0 Å². The van der Waals surface area contributed by atoms with Crippen LogP contribution in [0.5, 0.6) is 0 Å². The molecule has 0 unspecified atom stereocenters. The van der Waals surface area contributed by atoms with Gasteiger partial charge in [-0.15, -0.1) is 0 Å². The van der Waals surface area contributed by atoms with Crippen molar-refractivity contribution in [1.82, 2.24) is 0 Å². The van der Waals surface area contributed by atoms with Crippen molar-refractivity contribution >= 4 is 9.05 Å². The van der Waals surface area contributed by atoms with Crippen molar-refractivity contribution in [1.29, 1.82) is 0 Å². The van der Waals surface area contributed by atoms with Gasteiger partial charge in [0, 0.05) is 26.4 Å². The zero-order chi connectivity index (χ0) is 17.2. The molecule has 0 aromatic carbocycles. The Labute approximate surface area is 145 Å².